The molecule has 0 heterocycles. The van der Waals surface area contributed by atoms with Gasteiger partial charge in [-0.05, 0) is 48.2 Å². The molecule has 2 aromatic rings. The van der Waals surface area contributed by atoms with Gasteiger partial charge in [0.25, 0.3) is 0 Å². The van der Waals surface area contributed by atoms with Crippen molar-refractivity contribution < 1.29 is 8.42 Å². The third-order valence-electron chi connectivity index (χ3n) is 3.53. The van der Waals surface area contributed by atoms with Gasteiger partial charge in [0.15, 0.2) is 0 Å². The van der Waals surface area contributed by atoms with E-state index in [4.69, 9.17) is 5.14 Å². The lowest BCUT2D eigenvalue weighted by molar-refractivity contribution is 0.597. The van der Waals surface area contributed by atoms with Gasteiger partial charge in [0.1, 0.15) is 0 Å². The third kappa shape index (κ3) is 4.14. The van der Waals surface area contributed by atoms with E-state index < -0.39 is 10.0 Å². The number of primary sulfonamides is 1. The first-order valence-corrected chi connectivity index (χ1v) is 8.30. The van der Waals surface area contributed by atoms with Crippen molar-refractivity contribution in [2.75, 3.05) is 0 Å². The summed E-state index contributed by atoms with van der Waals surface area (Å²) in [6.45, 7) is 5.67. The molecule has 0 fully saturated rings. The van der Waals surface area contributed by atoms with E-state index in [-0.39, 0.29) is 4.90 Å². The average molecular weight is 304 g/mol. The van der Waals surface area contributed by atoms with Crippen molar-refractivity contribution in [3.63, 3.8) is 0 Å². The van der Waals surface area contributed by atoms with Crippen LogP contribution in [-0.2, 0) is 23.1 Å². The van der Waals surface area contributed by atoms with Gasteiger partial charge in [0.2, 0.25) is 10.0 Å². The molecule has 0 unspecified atom stereocenters. The summed E-state index contributed by atoms with van der Waals surface area (Å²) < 4.78 is 22.4. The zero-order chi connectivity index (χ0) is 15.5. The SMILES string of the molecule is Cc1cccc(C)c1CNCc1ccc(S(N)(=O)=O)cc1. The second-order valence-electron chi connectivity index (χ2n) is 5.16. The first-order valence-electron chi connectivity index (χ1n) is 6.75. The first kappa shape index (κ1) is 15.7. The molecular weight excluding hydrogens is 284 g/mol. The summed E-state index contributed by atoms with van der Waals surface area (Å²) in [5.41, 5.74) is 4.87. The number of rotatable bonds is 5. The fraction of sp³-hybridized carbons (Fsp3) is 0.250. The van der Waals surface area contributed by atoms with E-state index in [0.717, 1.165) is 12.1 Å². The molecule has 2 aromatic carbocycles. The maximum absolute atomic E-state index is 11.2. The normalized spacial score (nSPS) is 11.6. The molecule has 21 heavy (non-hydrogen) atoms. The second kappa shape index (κ2) is 6.39. The van der Waals surface area contributed by atoms with Crippen molar-refractivity contribution in [2.45, 2.75) is 31.8 Å². The molecule has 0 radical (unpaired) electrons. The molecule has 4 nitrogen and oxygen atoms in total. The Kier molecular flexibility index (Phi) is 4.77. The second-order valence-corrected chi connectivity index (χ2v) is 6.72. The largest absolute Gasteiger partial charge is 0.309 e. The van der Waals surface area contributed by atoms with Crippen molar-refractivity contribution in [3.8, 4) is 0 Å². The summed E-state index contributed by atoms with van der Waals surface area (Å²) in [7, 11) is -3.61. The molecule has 0 aromatic heterocycles. The Morgan fingerprint density at radius 3 is 2.05 bits per heavy atom. The van der Waals surface area contributed by atoms with Crippen LogP contribution in [0.2, 0.25) is 0 Å². The van der Waals surface area contributed by atoms with Crippen molar-refractivity contribution in [2.24, 2.45) is 5.14 Å². The Balaban J connectivity index is 1.98. The van der Waals surface area contributed by atoms with Gasteiger partial charge >= 0.3 is 0 Å². The molecule has 3 N–H and O–H groups in total. The van der Waals surface area contributed by atoms with Crippen LogP contribution in [0.5, 0.6) is 0 Å². The Hall–Kier alpha value is -1.69. The minimum absolute atomic E-state index is 0.140. The van der Waals surface area contributed by atoms with E-state index in [1.807, 2.05) is 0 Å². The molecule has 5 heteroatoms. The number of hydrogen-bond acceptors (Lipinski definition) is 3. The summed E-state index contributed by atoms with van der Waals surface area (Å²) in [4.78, 5) is 0.140. The molecule has 0 bridgehead atoms. The monoisotopic (exact) mass is 304 g/mol. The van der Waals surface area contributed by atoms with Gasteiger partial charge in [-0.15, -0.1) is 0 Å². The van der Waals surface area contributed by atoms with Gasteiger partial charge in [-0.25, -0.2) is 13.6 Å². The Morgan fingerprint density at radius 2 is 1.52 bits per heavy atom. The molecule has 0 spiro atoms. The van der Waals surface area contributed by atoms with Gasteiger partial charge in [-0.2, -0.15) is 0 Å². The highest BCUT2D eigenvalue weighted by Gasteiger charge is 2.06. The van der Waals surface area contributed by atoms with E-state index in [0.29, 0.717) is 6.54 Å². The summed E-state index contributed by atoms with van der Waals surface area (Å²) in [5, 5.41) is 8.45. The highest BCUT2D eigenvalue weighted by molar-refractivity contribution is 7.89. The van der Waals surface area contributed by atoms with Crippen LogP contribution in [0.25, 0.3) is 0 Å². The van der Waals surface area contributed by atoms with Crippen molar-refractivity contribution in [1.29, 1.82) is 0 Å². The maximum atomic E-state index is 11.2. The average Bonchev–Trinajstić information content (AvgIpc) is 2.42. The summed E-state index contributed by atoms with van der Waals surface area (Å²) in [6, 6.07) is 12.9. The number of nitrogens with one attached hydrogen (secondary N) is 1. The zero-order valence-corrected chi connectivity index (χ0v) is 13.1. The fourth-order valence-electron chi connectivity index (χ4n) is 2.26. The molecule has 0 amide bonds. The molecule has 0 saturated heterocycles. The number of benzene rings is 2. The molecule has 0 atom stereocenters. The maximum Gasteiger partial charge on any atom is 0.238 e. The van der Waals surface area contributed by atoms with Gasteiger partial charge in [0.05, 0.1) is 4.90 Å². The first-order chi connectivity index (χ1) is 9.88. The van der Waals surface area contributed by atoms with E-state index >= 15 is 0 Å². The van der Waals surface area contributed by atoms with Crippen molar-refractivity contribution in [3.05, 3.63) is 64.7 Å². The minimum atomic E-state index is -3.61. The van der Waals surface area contributed by atoms with E-state index in [1.54, 1.807) is 12.1 Å². The number of nitrogens with two attached hydrogens (primary N) is 1. The minimum Gasteiger partial charge on any atom is -0.309 e. The molecule has 2 rings (SSSR count). The lowest BCUT2D eigenvalue weighted by atomic mass is 10.0. The molecular formula is C16H20N2O2S. The topological polar surface area (TPSA) is 72.2 Å². The summed E-state index contributed by atoms with van der Waals surface area (Å²) in [5.74, 6) is 0. The highest BCUT2D eigenvalue weighted by atomic mass is 32.2. The number of sulfonamides is 1. The van der Waals surface area contributed by atoms with Crippen LogP contribution in [0.3, 0.4) is 0 Å². The summed E-state index contributed by atoms with van der Waals surface area (Å²) in [6.07, 6.45) is 0. The standard InChI is InChI=1S/C16H20N2O2S/c1-12-4-3-5-13(2)16(12)11-18-10-14-6-8-15(9-7-14)21(17,19)20/h3-9,18H,10-11H2,1-2H3,(H2,17,19,20). The molecule has 0 saturated carbocycles. The van der Waals surface area contributed by atoms with E-state index in [2.05, 4.69) is 37.4 Å². The van der Waals surface area contributed by atoms with Crippen molar-refractivity contribution >= 4 is 10.0 Å². The van der Waals surface area contributed by atoms with Gasteiger partial charge in [0, 0.05) is 13.1 Å². The molecule has 112 valence electrons. The van der Waals surface area contributed by atoms with Crippen LogP contribution < -0.4 is 10.5 Å². The predicted octanol–water partition coefficient (Wildman–Crippen LogP) is 2.24. The van der Waals surface area contributed by atoms with Crippen LogP contribution in [0.1, 0.15) is 22.3 Å². The number of hydrogen-bond donors (Lipinski definition) is 2. The zero-order valence-electron chi connectivity index (χ0n) is 12.3. The molecule has 0 aliphatic rings. The van der Waals surface area contributed by atoms with E-state index in [9.17, 15) is 8.42 Å². The van der Waals surface area contributed by atoms with Crippen LogP contribution >= 0.6 is 0 Å². The fourth-order valence-corrected chi connectivity index (χ4v) is 2.77. The highest BCUT2D eigenvalue weighted by Crippen LogP contribution is 2.13. The van der Waals surface area contributed by atoms with Gasteiger partial charge in [-0.1, -0.05) is 30.3 Å². The van der Waals surface area contributed by atoms with Crippen LogP contribution in [0.15, 0.2) is 47.4 Å². The Labute approximate surface area is 126 Å². The van der Waals surface area contributed by atoms with E-state index in [1.165, 1.54) is 28.8 Å². The predicted molar refractivity (Wildman–Crippen MR) is 84.3 cm³/mol. The quantitative estimate of drug-likeness (QED) is 0.890. The number of aryl methyl sites for hydroxylation is 2. The Bertz CT molecular complexity index is 702. The molecule has 0 aliphatic carbocycles. The van der Waals surface area contributed by atoms with Gasteiger partial charge in [-0.3, -0.25) is 0 Å². The van der Waals surface area contributed by atoms with Gasteiger partial charge < -0.3 is 5.32 Å². The summed E-state index contributed by atoms with van der Waals surface area (Å²) >= 11 is 0. The van der Waals surface area contributed by atoms with Crippen LogP contribution in [0.4, 0.5) is 0 Å². The smallest absolute Gasteiger partial charge is 0.238 e. The Morgan fingerprint density at radius 1 is 0.952 bits per heavy atom. The van der Waals surface area contributed by atoms with Crippen molar-refractivity contribution in [1.82, 2.24) is 5.32 Å². The lowest BCUT2D eigenvalue weighted by Gasteiger charge is -2.11. The molecule has 0 aliphatic heterocycles. The third-order valence-corrected chi connectivity index (χ3v) is 4.46. The lowest BCUT2D eigenvalue weighted by Crippen LogP contribution is -2.15. The van der Waals surface area contributed by atoms with Crippen LogP contribution in [-0.4, -0.2) is 8.42 Å². The van der Waals surface area contributed by atoms with Crippen LogP contribution in [0, 0.1) is 13.8 Å².